The number of guanidine groups is 2. The Morgan fingerprint density at radius 3 is 1.35 bits per heavy atom. The first kappa shape index (κ1) is 25.3. The molecule has 178 valence electrons. The highest BCUT2D eigenvalue weighted by molar-refractivity contribution is 6.21. The second kappa shape index (κ2) is 12.2. The Labute approximate surface area is 210 Å². The van der Waals surface area contributed by atoms with Gasteiger partial charge in [0.05, 0.1) is 12.4 Å². The van der Waals surface area contributed by atoms with Crippen molar-refractivity contribution in [2.24, 2.45) is 20.2 Å². The van der Waals surface area contributed by atoms with Crippen LogP contribution in [0.15, 0.2) is 68.7 Å². The standard InChI is InChI=1S/C24H26N8.2ClH/c1-2-8-18-17(7-1)21(15-29-31-23-25-11-5-12-26-23)19-9-3-4-10-20(19)22(18)16-30-32-24-27-13-6-14-28-24;;/h1-4,7-10,15-16H,5-6,11-14H2,(H2,25,26,31)(H2,27,28,32);2*1H/b29-15+,30-16+;;. The van der Waals surface area contributed by atoms with Crippen molar-refractivity contribution < 1.29 is 0 Å². The van der Waals surface area contributed by atoms with E-state index in [2.05, 4.69) is 90.2 Å². The minimum Gasteiger partial charge on any atom is -0.355 e. The molecular weight excluding hydrogens is 471 g/mol. The summed E-state index contributed by atoms with van der Waals surface area (Å²) in [5, 5.41) is 19.9. The van der Waals surface area contributed by atoms with Gasteiger partial charge in [0.1, 0.15) is 0 Å². The molecule has 0 fully saturated rings. The van der Waals surface area contributed by atoms with Gasteiger partial charge in [-0.3, -0.25) is 9.98 Å². The Morgan fingerprint density at radius 2 is 1.03 bits per heavy atom. The van der Waals surface area contributed by atoms with Gasteiger partial charge < -0.3 is 10.6 Å². The number of fused-ring (bicyclic) bond motifs is 2. The van der Waals surface area contributed by atoms with E-state index in [1.807, 2.05) is 12.4 Å². The van der Waals surface area contributed by atoms with Crippen LogP contribution in [-0.4, -0.2) is 50.5 Å². The fourth-order valence-electron chi connectivity index (χ4n) is 4.00. The van der Waals surface area contributed by atoms with Crippen LogP contribution in [-0.2, 0) is 0 Å². The summed E-state index contributed by atoms with van der Waals surface area (Å²) in [7, 11) is 0. The molecule has 3 aromatic rings. The molecule has 2 heterocycles. The number of halogens is 2. The Kier molecular flexibility index (Phi) is 9.07. The van der Waals surface area contributed by atoms with Crippen LogP contribution in [0.3, 0.4) is 0 Å². The summed E-state index contributed by atoms with van der Waals surface area (Å²) in [6.07, 6.45) is 5.85. The number of rotatable bonds is 4. The van der Waals surface area contributed by atoms with E-state index in [0.29, 0.717) is 0 Å². The van der Waals surface area contributed by atoms with Crippen molar-refractivity contribution in [2.45, 2.75) is 12.8 Å². The van der Waals surface area contributed by atoms with Crippen LogP contribution >= 0.6 is 24.8 Å². The third-order valence-electron chi connectivity index (χ3n) is 5.54. The number of nitrogens with one attached hydrogen (secondary N) is 4. The summed E-state index contributed by atoms with van der Waals surface area (Å²) >= 11 is 0. The van der Waals surface area contributed by atoms with Crippen LogP contribution in [0, 0.1) is 0 Å². The van der Waals surface area contributed by atoms with Gasteiger partial charge in [0, 0.05) is 37.3 Å². The topological polar surface area (TPSA) is 97.6 Å². The quantitative estimate of drug-likeness (QED) is 0.251. The monoisotopic (exact) mass is 498 g/mol. The molecule has 2 aliphatic heterocycles. The summed E-state index contributed by atoms with van der Waals surface area (Å²) in [5.74, 6) is 1.44. The third-order valence-corrected chi connectivity index (χ3v) is 5.54. The van der Waals surface area contributed by atoms with Gasteiger partial charge in [-0.25, -0.2) is 10.9 Å². The molecule has 0 aromatic heterocycles. The van der Waals surface area contributed by atoms with Crippen LogP contribution in [0.2, 0.25) is 0 Å². The first-order valence-electron chi connectivity index (χ1n) is 11.0. The molecule has 4 N–H and O–H groups in total. The number of benzene rings is 3. The van der Waals surface area contributed by atoms with E-state index in [1.54, 1.807) is 0 Å². The average Bonchev–Trinajstić information content (AvgIpc) is 2.86. The fourth-order valence-corrected chi connectivity index (χ4v) is 4.00. The van der Waals surface area contributed by atoms with Crippen molar-refractivity contribution in [1.82, 2.24) is 21.5 Å². The largest absolute Gasteiger partial charge is 0.355 e. The zero-order valence-corrected chi connectivity index (χ0v) is 20.3. The van der Waals surface area contributed by atoms with Gasteiger partial charge in [-0.2, -0.15) is 10.2 Å². The predicted octanol–water partition coefficient (Wildman–Crippen LogP) is 3.38. The molecule has 0 amide bonds. The van der Waals surface area contributed by atoms with E-state index in [9.17, 15) is 0 Å². The smallest absolute Gasteiger partial charge is 0.212 e. The van der Waals surface area contributed by atoms with Crippen molar-refractivity contribution in [2.75, 3.05) is 26.2 Å². The van der Waals surface area contributed by atoms with Gasteiger partial charge in [0.2, 0.25) is 11.9 Å². The van der Waals surface area contributed by atoms with Crippen LogP contribution in [0.25, 0.3) is 21.5 Å². The summed E-state index contributed by atoms with van der Waals surface area (Å²) in [6, 6.07) is 16.7. The predicted molar refractivity (Wildman–Crippen MR) is 147 cm³/mol. The minimum atomic E-state index is 0. The SMILES string of the molecule is C(=N\NC1=NCCCN1)/c1c2ccccc2c(/C=N/NC2=NCCCN2)c2ccccc12.Cl.Cl. The molecule has 8 nitrogen and oxygen atoms in total. The van der Waals surface area contributed by atoms with E-state index in [1.165, 1.54) is 0 Å². The average molecular weight is 499 g/mol. The highest BCUT2D eigenvalue weighted by Crippen LogP contribution is 2.31. The normalized spacial score (nSPS) is 15.6. The van der Waals surface area contributed by atoms with Crippen molar-refractivity contribution in [3.05, 3.63) is 59.7 Å². The van der Waals surface area contributed by atoms with Gasteiger partial charge in [-0.15, -0.1) is 24.8 Å². The molecular formula is C24H28Cl2N8. The second-order valence-electron chi connectivity index (χ2n) is 7.68. The molecule has 0 atom stereocenters. The van der Waals surface area contributed by atoms with Crippen LogP contribution in [0.1, 0.15) is 24.0 Å². The molecule has 0 unspecified atom stereocenters. The molecule has 0 spiro atoms. The molecule has 10 heteroatoms. The Hall–Kier alpha value is -3.36. The van der Waals surface area contributed by atoms with Gasteiger partial charge in [0.15, 0.2) is 0 Å². The first-order chi connectivity index (χ1) is 15.9. The number of nitrogens with zero attached hydrogens (tertiary/aromatic N) is 4. The van der Waals surface area contributed by atoms with Gasteiger partial charge >= 0.3 is 0 Å². The molecule has 5 rings (SSSR count). The van der Waals surface area contributed by atoms with Gasteiger partial charge in [-0.1, -0.05) is 48.5 Å². The highest BCUT2D eigenvalue weighted by Gasteiger charge is 2.12. The molecule has 0 saturated carbocycles. The van der Waals surface area contributed by atoms with Crippen molar-refractivity contribution in [1.29, 1.82) is 0 Å². The summed E-state index contributed by atoms with van der Waals surface area (Å²) in [6.45, 7) is 3.47. The third kappa shape index (κ3) is 5.58. The number of hydrogen-bond donors (Lipinski definition) is 4. The molecule has 3 aromatic carbocycles. The van der Waals surface area contributed by atoms with Gasteiger partial charge in [0.25, 0.3) is 0 Å². The number of hydrazone groups is 2. The van der Waals surface area contributed by atoms with E-state index in [4.69, 9.17) is 0 Å². The number of hydrogen-bond acceptors (Lipinski definition) is 8. The lowest BCUT2D eigenvalue weighted by molar-refractivity contribution is 0.712. The lowest BCUT2D eigenvalue weighted by atomic mass is 9.92. The van der Waals surface area contributed by atoms with Crippen LogP contribution in [0.4, 0.5) is 0 Å². The number of aliphatic imine (C=N–C) groups is 2. The van der Waals surface area contributed by atoms with Gasteiger partial charge in [-0.05, 0) is 34.4 Å². The maximum Gasteiger partial charge on any atom is 0.212 e. The maximum atomic E-state index is 4.48. The molecule has 0 radical (unpaired) electrons. The summed E-state index contributed by atoms with van der Waals surface area (Å²) < 4.78 is 0. The van der Waals surface area contributed by atoms with E-state index in [0.717, 1.165) is 83.6 Å². The van der Waals surface area contributed by atoms with E-state index in [-0.39, 0.29) is 24.8 Å². The summed E-state index contributed by atoms with van der Waals surface area (Å²) in [4.78, 5) is 8.83. The lowest BCUT2D eigenvalue weighted by Gasteiger charge is -2.15. The molecule has 34 heavy (non-hydrogen) atoms. The second-order valence-corrected chi connectivity index (χ2v) is 7.68. The Bertz CT molecular complexity index is 1100. The molecule has 0 aliphatic carbocycles. The first-order valence-corrected chi connectivity index (χ1v) is 11.0. The van der Waals surface area contributed by atoms with E-state index < -0.39 is 0 Å². The fraction of sp³-hybridized carbons (Fsp3) is 0.250. The van der Waals surface area contributed by atoms with Crippen molar-refractivity contribution >= 4 is 70.7 Å². The maximum absolute atomic E-state index is 4.48. The lowest BCUT2D eigenvalue weighted by Crippen LogP contribution is -2.38. The van der Waals surface area contributed by atoms with Crippen LogP contribution in [0.5, 0.6) is 0 Å². The Balaban J connectivity index is 0.00000162. The molecule has 2 aliphatic rings. The molecule has 0 bridgehead atoms. The van der Waals surface area contributed by atoms with Crippen LogP contribution < -0.4 is 21.5 Å². The highest BCUT2D eigenvalue weighted by atomic mass is 35.5. The van der Waals surface area contributed by atoms with Crippen molar-refractivity contribution in [3.8, 4) is 0 Å². The zero-order chi connectivity index (χ0) is 21.6. The summed E-state index contributed by atoms with van der Waals surface area (Å²) in [5.41, 5.74) is 8.19. The zero-order valence-electron chi connectivity index (χ0n) is 18.6. The molecule has 0 saturated heterocycles. The minimum absolute atomic E-state index is 0. The Morgan fingerprint density at radius 1 is 0.647 bits per heavy atom. The van der Waals surface area contributed by atoms with Crippen molar-refractivity contribution in [3.63, 3.8) is 0 Å². The van der Waals surface area contributed by atoms with E-state index >= 15 is 0 Å².